The summed E-state index contributed by atoms with van der Waals surface area (Å²) in [5.74, 6) is 3.80. The summed E-state index contributed by atoms with van der Waals surface area (Å²) in [6, 6.07) is 0. The lowest BCUT2D eigenvalue weighted by molar-refractivity contribution is -0.128. The summed E-state index contributed by atoms with van der Waals surface area (Å²) in [6.07, 6.45) is 0.0105. The Morgan fingerprint density at radius 3 is 2.18 bits per heavy atom. The van der Waals surface area contributed by atoms with Gasteiger partial charge >= 0.3 is 0 Å². The van der Waals surface area contributed by atoms with Crippen molar-refractivity contribution in [1.82, 2.24) is 21.3 Å². The standard InChI is InChI=1S/C8H18BN5O3/c9-13-4-3-11-8(17)5-12-6(15)1-2-7(16)14-10/h13H,1-5,9-10H2,(H,11,17)(H,12,15)(H,14,16). The number of carbonyl (C=O) groups excluding carboxylic acids is 3. The monoisotopic (exact) mass is 243 g/mol. The van der Waals surface area contributed by atoms with Gasteiger partial charge in [0.15, 0.2) is 7.98 Å². The zero-order valence-electron chi connectivity index (χ0n) is 9.84. The van der Waals surface area contributed by atoms with Crippen LogP contribution >= 0.6 is 0 Å². The molecular weight excluding hydrogens is 225 g/mol. The van der Waals surface area contributed by atoms with E-state index < -0.39 is 5.91 Å². The quantitative estimate of drug-likeness (QED) is 0.0980. The first kappa shape index (κ1) is 15.4. The fourth-order valence-corrected chi connectivity index (χ4v) is 0.956. The second-order valence-electron chi connectivity index (χ2n) is 3.30. The Balaban J connectivity index is 3.55. The number of amides is 3. The van der Waals surface area contributed by atoms with Crippen LogP contribution in [0.5, 0.6) is 0 Å². The van der Waals surface area contributed by atoms with E-state index in [-0.39, 0.29) is 31.2 Å². The molecule has 0 radical (unpaired) electrons. The number of nitrogens with one attached hydrogen (secondary N) is 4. The van der Waals surface area contributed by atoms with Gasteiger partial charge in [0.1, 0.15) is 0 Å². The van der Waals surface area contributed by atoms with Crippen molar-refractivity contribution in [1.29, 1.82) is 0 Å². The third-order valence-electron chi connectivity index (χ3n) is 1.88. The van der Waals surface area contributed by atoms with Gasteiger partial charge in [-0.3, -0.25) is 19.8 Å². The van der Waals surface area contributed by atoms with Crippen LogP contribution in [0.15, 0.2) is 0 Å². The molecule has 0 aliphatic rings. The molecule has 0 atom stereocenters. The van der Waals surface area contributed by atoms with Gasteiger partial charge in [0.05, 0.1) is 6.54 Å². The molecule has 6 N–H and O–H groups in total. The number of nitrogens with two attached hydrogens (primary N) is 1. The molecule has 0 spiro atoms. The van der Waals surface area contributed by atoms with E-state index in [1.54, 1.807) is 7.98 Å². The maximum absolute atomic E-state index is 11.2. The molecular formula is C8H18BN5O3. The topological polar surface area (TPSA) is 125 Å². The Kier molecular flexibility index (Phi) is 8.70. The molecule has 0 saturated carbocycles. The Morgan fingerprint density at radius 1 is 0.941 bits per heavy atom. The van der Waals surface area contributed by atoms with Crippen molar-refractivity contribution < 1.29 is 14.4 Å². The third-order valence-corrected chi connectivity index (χ3v) is 1.88. The lowest BCUT2D eigenvalue weighted by atomic mass is 10.3. The van der Waals surface area contributed by atoms with Gasteiger partial charge in [0.25, 0.3) is 0 Å². The zero-order valence-corrected chi connectivity index (χ0v) is 9.84. The lowest BCUT2D eigenvalue weighted by Gasteiger charge is -2.06. The van der Waals surface area contributed by atoms with Gasteiger partial charge in [-0.05, 0) is 0 Å². The van der Waals surface area contributed by atoms with Crippen LogP contribution in [0.1, 0.15) is 12.8 Å². The van der Waals surface area contributed by atoms with Gasteiger partial charge in [-0.2, -0.15) is 0 Å². The summed E-state index contributed by atoms with van der Waals surface area (Å²) in [7, 11) is 1.77. The number of hydrazine groups is 1. The predicted octanol–water partition coefficient (Wildman–Crippen LogP) is -3.87. The molecule has 0 aromatic heterocycles. The maximum atomic E-state index is 11.2. The summed E-state index contributed by atoms with van der Waals surface area (Å²) in [5.41, 5.74) is 1.91. The zero-order chi connectivity index (χ0) is 13.1. The van der Waals surface area contributed by atoms with Crippen molar-refractivity contribution >= 4 is 25.7 Å². The molecule has 3 amide bonds. The van der Waals surface area contributed by atoms with Crippen LogP contribution < -0.4 is 27.1 Å². The second-order valence-corrected chi connectivity index (χ2v) is 3.30. The van der Waals surface area contributed by atoms with E-state index in [2.05, 4.69) is 15.9 Å². The maximum Gasteiger partial charge on any atom is 0.239 e. The number of hydrogen-bond acceptors (Lipinski definition) is 5. The van der Waals surface area contributed by atoms with Gasteiger partial charge < -0.3 is 15.9 Å². The van der Waals surface area contributed by atoms with Crippen molar-refractivity contribution in [2.24, 2.45) is 5.84 Å². The van der Waals surface area contributed by atoms with Gasteiger partial charge in [0.2, 0.25) is 17.7 Å². The van der Waals surface area contributed by atoms with E-state index in [0.717, 1.165) is 0 Å². The van der Waals surface area contributed by atoms with E-state index in [1.807, 2.05) is 5.43 Å². The third kappa shape index (κ3) is 9.33. The van der Waals surface area contributed by atoms with Crippen molar-refractivity contribution in [3.05, 3.63) is 0 Å². The van der Waals surface area contributed by atoms with Gasteiger partial charge in [-0.1, -0.05) is 0 Å². The number of hydrogen-bond donors (Lipinski definition) is 5. The molecule has 0 aromatic carbocycles. The SMILES string of the molecule is BNCCNC(=O)CNC(=O)CCC(=O)NN. The molecule has 8 nitrogen and oxygen atoms in total. The highest BCUT2D eigenvalue weighted by Crippen LogP contribution is 1.87. The Labute approximate surface area is 100 Å². The fourth-order valence-electron chi connectivity index (χ4n) is 0.956. The molecule has 0 fully saturated rings. The summed E-state index contributed by atoms with van der Waals surface area (Å²) in [6.45, 7) is 1.07. The minimum atomic E-state index is -0.418. The molecule has 0 aliphatic carbocycles. The predicted molar refractivity (Wildman–Crippen MR) is 64.1 cm³/mol. The van der Waals surface area contributed by atoms with Crippen LogP contribution in [0.2, 0.25) is 0 Å². The second kappa shape index (κ2) is 9.61. The summed E-state index contributed by atoms with van der Waals surface area (Å²) in [4.78, 5) is 33.1. The Morgan fingerprint density at radius 2 is 1.59 bits per heavy atom. The molecule has 0 aromatic rings. The molecule has 17 heavy (non-hydrogen) atoms. The van der Waals surface area contributed by atoms with Crippen LogP contribution in [-0.4, -0.2) is 45.3 Å². The highest BCUT2D eigenvalue weighted by molar-refractivity contribution is 6.04. The first-order valence-corrected chi connectivity index (χ1v) is 5.27. The summed E-state index contributed by atoms with van der Waals surface area (Å²) >= 11 is 0. The molecule has 96 valence electrons. The van der Waals surface area contributed by atoms with Gasteiger partial charge in [0, 0.05) is 25.9 Å². The summed E-state index contributed by atoms with van der Waals surface area (Å²) < 4.78 is 0. The smallest absolute Gasteiger partial charge is 0.239 e. The van der Waals surface area contributed by atoms with Gasteiger partial charge in [-0.15, -0.1) is 0 Å². The van der Waals surface area contributed by atoms with Crippen LogP contribution in [0.3, 0.4) is 0 Å². The fraction of sp³-hybridized carbons (Fsp3) is 0.625. The molecule has 0 unspecified atom stereocenters. The molecule has 0 heterocycles. The normalized spacial score (nSPS) is 9.47. The highest BCUT2D eigenvalue weighted by Gasteiger charge is 2.07. The number of carbonyl (C=O) groups is 3. The first-order chi connectivity index (χ1) is 8.10. The molecule has 0 saturated heterocycles. The molecule has 0 bridgehead atoms. The Hall–Kier alpha value is -1.61. The highest BCUT2D eigenvalue weighted by atomic mass is 16.2. The van der Waals surface area contributed by atoms with E-state index in [4.69, 9.17) is 5.84 Å². The molecule has 0 rings (SSSR count). The van der Waals surface area contributed by atoms with Crippen LogP contribution in [0, 0.1) is 0 Å². The van der Waals surface area contributed by atoms with E-state index in [0.29, 0.717) is 13.1 Å². The van der Waals surface area contributed by atoms with Crippen LogP contribution in [-0.2, 0) is 14.4 Å². The molecule has 0 aliphatic heterocycles. The minimum Gasteiger partial charge on any atom is -0.360 e. The number of rotatable bonds is 8. The average Bonchev–Trinajstić information content (AvgIpc) is 2.33. The van der Waals surface area contributed by atoms with Crippen molar-refractivity contribution in [3.63, 3.8) is 0 Å². The van der Waals surface area contributed by atoms with E-state index >= 15 is 0 Å². The van der Waals surface area contributed by atoms with Crippen molar-refractivity contribution in [2.45, 2.75) is 12.8 Å². The van der Waals surface area contributed by atoms with Gasteiger partial charge in [-0.25, -0.2) is 5.84 Å². The summed E-state index contributed by atoms with van der Waals surface area (Å²) in [5, 5.41) is 7.86. The minimum absolute atomic E-state index is 0.00368. The van der Waals surface area contributed by atoms with E-state index in [9.17, 15) is 14.4 Å². The van der Waals surface area contributed by atoms with Crippen LogP contribution in [0.25, 0.3) is 0 Å². The first-order valence-electron chi connectivity index (χ1n) is 5.27. The largest absolute Gasteiger partial charge is 0.360 e. The lowest BCUT2D eigenvalue weighted by Crippen LogP contribution is -2.39. The van der Waals surface area contributed by atoms with Crippen molar-refractivity contribution in [3.8, 4) is 0 Å². The Bertz CT molecular complexity index is 274. The van der Waals surface area contributed by atoms with Crippen LogP contribution in [0.4, 0.5) is 0 Å². The van der Waals surface area contributed by atoms with E-state index in [1.165, 1.54) is 0 Å². The molecule has 9 heteroatoms. The average molecular weight is 243 g/mol. The van der Waals surface area contributed by atoms with Crippen molar-refractivity contribution in [2.75, 3.05) is 19.6 Å².